The molecule has 126 valence electrons. The predicted molar refractivity (Wildman–Crippen MR) is 97.0 cm³/mol. The molecule has 4 heteroatoms. The third-order valence-corrected chi connectivity index (χ3v) is 5.90. The van der Waals surface area contributed by atoms with E-state index in [4.69, 9.17) is 0 Å². The van der Waals surface area contributed by atoms with Crippen LogP contribution >= 0.6 is 0 Å². The molecule has 1 atom stereocenters. The van der Waals surface area contributed by atoms with Crippen LogP contribution in [0.25, 0.3) is 0 Å². The van der Waals surface area contributed by atoms with Crippen molar-refractivity contribution in [1.29, 1.82) is 0 Å². The van der Waals surface area contributed by atoms with E-state index in [1.165, 1.54) is 0 Å². The molecule has 2 aromatic carbocycles. The molecule has 0 fully saturated rings. The number of carbonyl (C=O) groups is 1. The summed E-state index contributed by atoms with van der Waals surface area (Å²) in [5.41, 5.74) is 2.38. The first-order valence-electron chi connectivity index (χ1n) is 7.85. The average molecular weight is 342 g/mol. The minimum atomic E-state index is -3.76. The molecule has 0 saturated heterocycles. The number of rotatable bonds is 6. The first-order chi connectivity index (χ1) is 11.3. The molecule has 0 aliphatic rings. The van der Waals surface area contributed by atoms with E-state index in [0.717, 1.165) is 11.1 Å². The molecule has 0 aliphatic carbocycles. The van der Waals surface area contributed by atoms with Crippen LogP contribution in [-0.4, -0.2) is 19.5 Å². The lowest BCUT2D eigenvalue weighted by molar-refractivity contribution is 0.0987. The van der Waals surface area contributed by atoms with Gasteiger partial charge in [-0.15, -0.1) is 0 Å². The topological polar surface area (TPSA) is 51.2 Å². The van der Waals surface area contributed by atoms with Gasteiger partial charge in [0.15, 0.2) is 15.6 Å². The Kier molecular flexibility index (Phi) is 5.73. The minimum absolute atomic E-state index is 0.173. The van der Waals surface area contributed by atoms with Gasteiger partial charge < -0.3 is 0 Å². The highest BCUT2D eigenvalue weighted by Gasteiger charge is 2.33. The summed E-state index contributed by atoms with van der Waals surface area (Å²) in [7, 11) is -3.76. The Bertz CT molecular complexity index is 828. The smallest absolute Gasteiger partial charge is 0.189 e. The molecule has 0 N–H and O–H groups in total. The Balaban J connectivity index is 2.47. The van der Waals surface area contributed by atoms with E-state index < -0.39 is 15.1 Å². The number of hydrogen-bond donors (Lipinski definition) is 0. The van der Waals surface area contributed by atoms with Crippen molar-refractivity contribution in [3.63, 3.8) is 0 Å². The lowest BCUT2D eigenvalue weighted by atomic mass is 10.1. The molecule has 2 aromatic rings. The Morgan fingerprint density at radius 3 is 2.12 bits per heavy atom. The van der Waals surface area contributed by atoms with E-state index in [0.29, 0.717) is 5.56 Å². The van der Waals surface area contributed by atoms with Crippen molar-refractivity contribution in [1.82, 2.24) is 0 Å². The Hall–Kier alpha value is -2.20. The van der Waals surface area contributed by atoms with E-state index in [9.17, 15) is 13.2 Å². The van der Waals surface area contributed by atoms with Crippen LogP contribution < -0.4 is 0 Å². The molecule has 3 nitrogen and oxygen atoms in total. The first kappa shape index (κ1) is 18.1. The molecule has 0 bridgehead atoms. The molecule has 0 spiro atoms. The normalized spacial score (nSPS) is 12.5. The van der Waals surface area contributed by atoms with Crippen LogP contribution in [0.4, 0.5) is 0 Å². The summed E-state index contributed by atoms with van der Waals surface area (Å²) in [6.07, 6.45) is 1.98. The minimum Gasteiger partial charge on any atom is -0.293 e. The van der Waals surface area contributed by atoms with Crippen LogP contribution in [-0.2, 0) is 9.84 Å². The lowest BCUT2D eigenvalue weighted by Gasteiger charge is -2.16. The number of sulfone groups is 1. The molecule has 1 unspecified atom stereocenters. The average Bonchev–Trinajstić information content (AvgIpc) is 2.55. The number of allylic oxidation sites excluding steroid dienone is 2. The maximum Gasteiger partial charge on any atom is 0.189 e. The third kappa shape index (κ3) is 4.20. The summed E-state index contributed by atoms with van der Waals surface area (Å²) >= 11 is 0. The van der Waals surface area contributed by atoms with Crippen LogP contribution in [0.3, 0.4) is 0 Å². The van der Waals surface area contributed by atoms with Crippen molar-refractivity contribution in [2.45, 2.75) is 37.3 Å². The molecule has 24 heavy (non-hydrogen) atoms. The molecular weight excluding hydrogens is 320 g/mol. The summed E-state index contributed by atoms with van der Waals surface area (Å²) < 4.78 is 26.0. The zero-order valence-corrected chi connectivity index (χ0v) is 15.0. The van der Waals surface area contributed by atoms with Crippen LogP contribution in [0.5, 0.6) is 0 Å². The molecule has 2 rings (SSSR count). The van der Waals surface area contributed by atoms with Gasteiger partial charge in [-0.2, -0.15) is 0 Å². The zero-order chi connectivity index (χ0) is 17.7. The van der Waals surface area contributed by atoms with E-state index >= 15 is 0 Å². The highest BCUT2D eigenvalue weighted by atomic mass is 32.2. The van der Waals surface area contributed by atoms with Crippen LogP contribution in [0.1, 0.15) is 36.2 Å². The van der Waals surface area contributed by atoms with Gasteiger partial charge in [-0.1, -0.05) is 59.7 Å². The molecular formula is C20H22O3S. The number of aryl methyl sites for hydroxylation is 1. The van der Waals surface area contributed by atoms with E-state index in [1.807, 2.05) is 20.8 Å². The maximum absolute atomic E-state index is 13.0. The summed E-state index contributed by atoms with van der Waals surface area (Å²) in [6.45, 7) is 5.68. The van der Waals surface area contributed by atoms with E-state index in [-0.39, 0.29) is 17.1 Å². The molecule has 0 saturated carbocycles. The summed E-state index contributed by atoms with van der Waals surface area (Å²) in [4.78, 5) is 13.0. The van der Waals surface area contributed by atoms with Crippen molar-refractivity contribution in [3.05, 3.63) is 77.4 Å². The van der Waals surface area contributed by atoms with Crippen molar-refractivity contribution in [3.8, 4) is 0 Å². The van der Waals surface area contributed by atoms with Gasteiger partial charge >= 0.3 is 0 Å². The summed E-state index contributed by atoms with van der Waals surface area (Å²) in [5.74, 6) is -0.367. The van der Waals surface area contributed by atoms with Crippen LogP contribution in [0.15, 0.2) is 71.1 Å². The quantitative estimate of drug-likeness (QED) is 0.578. The van der Waals surface area contributed by atoms with Gasteiger partial charge in [0.2, 0.25) is 0 Å². The summed E-state index contributed by atoms with van der Waals surface area (Å²) in [5, 5.41) is -1.11. The predicted octanol–water partition coefficient (Wildman–Crippen LogP) is 4.38. The van der Waals surface area contributed by atoms with E-state index in [2.05, 4.69) is 0 Å². The number of carbonyl (C=O) groups excluding carboxylic acids is 1. The highest BCUT2D eigenvalue weighted by molar-refractivity contribution is 7.92. The Labute approximate surface area is 144 Å². The Morgan fingerprint density at radius 2 is 1.58 bits per heavy atom. The first-order valence-corrected chi connectivity index (χ1v) is 9.40. The molecule has 0 aliphatic heterocycles. The van der Waals surface area contributed by atoms with Crippen molar-refractivity contribution in [2.75, 3.05) is 0 Å². The highest BCUT2D eigenvalue weighted by Crippen LogP contribution is 2.23. The molecule has 0 aromatic heterocycles. The van der Waals surface area contributed by atoms with Crippen molar-refractivity contribution in [2.24, 2.45) is 0 Å². The fourth-order valence-corrected chi connectivity index (χ4v) is 4.01. The SMILES string of the molecule is CC(C)=CCC(C(=O)c1ccccc1)S(=O)(=O)c1ccc(C)cc1. The largest absolute Gasteiger partial charge is 0.293 e. The zero-order valence-electron chi connectivity index (χ0n) is 14.2. The van der Waals surface area contributed by atoms with Crippen LogP contribution in [0, 0.1) is 6.92 Å². The van der Waals surface area contributed by atoms with Gasteiger partial charge in [0.1, 0.15) is 5.25 Å². The second kappa shape index (κ2) is 7.58. The second-order valence-electron chi connectivity index (χ2n) is 6.09. The van der Waals surface area contributed by atoms with Gasteiger partial charge in [-0.05, 0) is 39.3 Å². The van der Waals surface area contributed by atoms with E-state index in [1.54, 1.807) is 60.7 Å². The lowest BCUT2D eigenvalue weighted by Crippen LogP contribution is -2.30. The van der Waals surface area contributed by atoms with Crippen molar-refractivity contribution < 1.29 is 13.2 Å². The maximum atomic E-state index is 13.0. The number of hydrogen-bond acceptors (Lipinski definition) is 3. The van der Waals surface area contributed by atoms with Gasteiger partial charge in [-0.3, -0.25) is 4.79 Å². The van der Waals surface area contributed by atoms with Gasteiger partial charge in [0, 0.05) is 5.56 Å². The van der Waals surface area contributed by atoms with Gasteiger partial charge in [0.05, 0.1) is 4.90 Å². The van der Waals surface area contributed by atoms with Gasteiger partial charge in [-0.25, -0.2) is 8.42 Å². The summed E-state index contributed by atoms with van der Waals surface area (Å²) in [6, 6.07) is 15.2. The van der Waals surface area contributed by atoms with Crippen LogP contribution in [0.2, 0.25) is 0 Å². The molecule has 0 amide bonds. The monoisotopic (exact) mass is 342 g/mol. The Morgan fingerprint density at radius 1 is 1.00 bits per heavy atom. The second-order valence-corrected chi connectivity index (χ2v) is 8.22. The third-order valence-electron chi connectivity index (χ3n) is 3.81. The van der Waals surface area contributed by atoms with Crippen molar-refractivity contribution >= 4 is 15.6 Å². The fraction of sp³-hybridized carbons (Fsp3) is 0.250. The number of ketones is 1. The van der Waals surface area contributed by atoms with Gasteiger partial charge in [0.25, 0.3) is 0 Å². The molecule has 0 heterocycles. The number of benzene rings is 2. The number of Topliss-reactive ketones (excluding diaryl/α,β-unsaturated/α-hetero) is 1. The molecule has 0 radical (unpaired) electrons. The standard InChI is InChI=1S/C20H22O3S/c1-15(2)9-14-19(20(21)17-7-5-4-6-8-17)24(22,23)18-12-10-16(3)11-13-18/h4-13,19H,14H2,1-3H3. The fourth-order valence-electron chi connectivity index (χ4n) is 2.40.